The fourth-order valence-corrected chi connectivity index (χ4v) is 2.66. The Balaban J connectivity index is 2.13. The number of nitrogens with zero attached hydrogens (tertiary/aromatic N) is 1. The number of para-hydroxylation sites is 1. The molecule has 1 heterocycles. The Morgan fingerprint density at radius 1 is 1.27 bits per heavy atom. The van der Waals surface area contributed by atoms with Crippen LogP contribution in [-0.2, 0) is 9.59 Å². The monoisotopic (exact) mass is 328 g/mol. The van der Waals surface area contributed by atoms with Crippen molar-refractivity contribution in [3.63, 3.8) is 0 Å². The molecule has 0 aromatic heterocycles. The second-order valence-electron chi connectivity index (χ2n) is 4.40. The van der Waals surface area contributed by atoms with Gasteiger partial charge in [-0.1, -0.05) is 12.1 Å². The molecular weight excluding hydrogens is 314 g/mol. The van der Waals surface area contributed by atoms with E-state index in [4.69, 9.17) is 5.11 Å². The molecule has 1 aliphatic rings. The molecule has 2 N–H and O–H groups in total. The van der Waals surface area contributed by atoms with E-state index in [2.05, 4.69) is 5.32 Å². The third-order valence-corrected chi connectivity index (χ3v) is 3.94. The maximum atomic E-state index is 12.3. The number of nitrogens with one attached hydrogen (secondary N) is 1. The lowest BCUT2D eigenvalue weighted by atomic mass is 10.3. The van der Waals surface area contributed by atoms with Gasteiger partial charge in [0.1, 0.15) is 5.70 Å². The number of aliphatic hydroxyl groups excluding tert-OH is 1. The van der Waals surface area contributed by atoms with E-state index >= 15 is 0 Å². The molecule has 2 amide bonds. The van der Waals surface area contributed by atoms with Gasteiger partial charge < -0.3 is 10.4 Å². The Morgan fingerprint density at radius 2 is 2.00 bits per heavy atom. The smallest absolute Gasteiger partial charge is 0.277 e. The highest BCUT2D eigenvalue weighted by Crippen LogP contribution is 2.30. The molecule has 0 spiro atoms. The van der Waals surface area contributed by atoms with E-state index in [1.54, 1.807) is 24.3 Å². The third-order valence-electron chi connectivity index (χ3n) is 2.85. The summed E-state index contributed by atoms with van der Waals surface area (Å²) in [6.45, 7) is -0.402. The average Bonchev–Trinajstić information content (AvgIpc) is 2.74. The molecule has 0 unspecified atom stereocenters. The number of thioether (sulfide) groups is 1. The maximum absolute atomic E-state index is 12.3. The van der Waals surface area contributed by atoms with Crippen molar-refractivity contribution in [1.29, 1.82) is 0 Å². The zero-order valence-electron chi connectivity index (χ0n) is 11.5. The van der Waals surface area contributed by atoms with Gasteiger partial charge in [0.25, 0.3) is 11.8 Å². The molecule has 2 rings (SSSR count). The topological polar surface area (TPSA) is 69.6 Å². The SMILES string of the molecule is O=C1C=C(Nc2ccccc2SCC(F)F)C(=O)N1CCO. The molecule has 1 aromatic carbocycles. The van der Waals surface area contributed by atoms with Crippen LogP contribution in [-0.4, -0.2) is 47.2 Å². The van der Waals surface area contributed by atoms with Gasteiger partial charge in [-0.2, -0.15) is 0 Å². The Labute approximate surface area is 130 Å². The van der Waals surface area contributed by atoms with Gasteiger partial charge in [-0.25, -0.2) is 8.78 Å². The zero-order valence-corrected chi connectivity index (χ0v) is 12.3. The number of aliphatic hydroxyl groups is 1. The quantitative estimate of drug-likeness (QED) is 0.589. The van der Waals surface area contributed by atoms with Gasteiger partial charge >= 0.3 is 0 Å². The largest absolute Gasteiger partial charge is 0.395 e. The Hall–Kier alpha value is -1.93. The second-order valence-corrected chi connectivity index (χ2v) is 5.46. The van der Waals surface area contributed by atoms with E-state index in [0.717, 1.165) is 22.7 Å². The molecule has 0 radical (unpaired) electrons. The fraction of sp³-hybridized carbons (Fsp3) is 0.286. The molecule has 0 atom stereocenters. The van der Waals surface area contributed by atoms with E-state index in [1.807, 2.05) is 0 Å². The molecule has 1 aromatic rings. The van der Waals surface area contributed by atoms with Crippen molar-refractivity contribution in [1.82, 2.24) is 4.90 Å². The van der Waals surface area contributed by atoms with Gasteiger partial charge in [-0.15, -0.1) is 11.8 Å². The Bertz CT molecular complexity index is 608. The minimum absolute atomic E-state index is 0.0588. The van der Waals surface area contributed by atoms with Crippen LogP contribution in [0.5, 0.6) is 0 Å². The molecule has 8 heteroatoms. The van der Waals surface area contributed by atoms with Gasteiger partial charge in [0.05, 0.1) is 24.6 Å². The van der Waals surface area contributed by atoms with Gasteiger partial charge in [0.15, 0.2) is 0 Å². The molecule has 0 bridgehead atoms. The van der Waals surface area contributed by atoms with Crippen LogP contribution in [0, 0.1) is 0 Å². The van der Waals surface area contributed by atoms with Crippen LogP contribution in [0.3, 0.4) is 0 Å². The lowest BCUT2D eigenvalue weighted by molar-refractivity contribution is -0.137. The van der Waals surface area contributed by atoms with Gasteiger partial charge in [-0.3, -0.25) is 14.5 Å². The molecule has 0 saturated carbocycles. The van der Waals surface area contributed by atoms with E-state index in [0.29, 0.717) is 10.6 Å². The summed E-state index contributed by atoms with van der Waals surface area (Å²) in [5, 5.41) is 11.6. The van der Waals surface area contributed by atoms with Crippen LogP contribution in [0.4, 0.5) is 14.5 Å². The molecule has 5 nitrogen and oxygen atoms in total. The van der Waals surface area contributed by atoms with E-state index in [-0.39, 0.29) is 24.6 Å². The van der Waals surface area contributed by atoms with Crippen molar-refractivity contribution in [2.24, 2.45) is 0 Å². The summed E-state index contributed by atoms with van der Waals surface area (Å²) in [6, 6.07) is 6.69. The average molecular weight is 328 g/mol. The number of amides is 2. The maximum Gasteiger partial charge on any atom is 0.277 e. The van der Waals surface area contributed by atoms with Crippen molar-refractivity contribution < 1.29 is 23.5 Å². The lowest BCUT2D eigenvalue weighted by Gasteiger charge is -2.15. The van der Waals surface area contributed by atoms with E-state index < -0.39 is 18.2 Å². The second kappa shape index (κ2) is 7.37. The number of alkyl halides is 2. The first-order valence-electron chi connectivity index (χ1n) is 6.48. The summed E-state index contributed by atoms with van der Waals surface area (Å²) < 4.78 is 24.6. The summed E-state index contributed by atoms with van der Waals surface area (Å²) in [7, 11) is 0. The molecule has 22 heavy (non-hydrogen) atoms. The summed E-state index contributed by atoms with van der Waals surface area (Å²) in [5.74, 6) is -1.42. The van der Waals surface area contributed by atoms with Crippen molar-refractivity contribution in [3.8, 4) is 0 Å². The minimum atomic E-state index is -2.44. The first-order chi connectivity index (χ1) is 10.5. The number of anilines is 1. The molecular formula is C14H14F2N2O3S. The van der Waals surface area contributed by atoms with Crippen LogP contribution in [0.15, 0.2) is 40.9 Å². The standard InChI is InChI=1S/C14H14F2N2O3S/c15-12(16)8-22-11-4-2-1-3-9(11)17-10-7-13(20)18(5-6-19)14(10)21/h1-4,7,12,17,19H,5-6,8H2. The number of rotatable bonds is 7. The van der Waals surface area contributed by atoms with E-state index in [9.17, 15) is 18.4 Å². The number of benzene rings is 1. The van der Waals surface area contributed by atoms with Crippen molar-refractivity contribution in [3.05, 3.63) is 36.0 Å². The van der Waals surface area contributed by atoms with Crippen LogP contribution in [0.25, 0.3) is 0 Å². The number of imide groups is 1. The van der Waals surface area contributed by atoms with Gasteiger partial charge in [0.2, 0.25) is 6.43 Å². The molecule has 0 saturated heterocycles. The predicted octanol–water partition coefficient (Wildman–Crippen LogP) is 1.70. The number of hydrogen-bond acceptors (Lipinski definition) is 5. The van der Waals surface area contributed by atoms with E-state index in [1.165, 1.54) is 0 Å². The first-order valence-corrected chi connectivity index (χ1v) is 7.47. The summed E-state index contributed by atoms with van der Waals surface area (Å²) in [5.41, 5.74) is 0.537. The highest BCUT2D eigenvalue weighted by Gasteiger charge is 2.30. The minimum Gasteiger partial charge on any atom is -0.395 e. The number of hydrogen-bond donors (Lipinski definition) is 2. The van der Waals surface area contributed by atoms with Gasteiger partial charge in [0, 0.05) is 11.0 Å². The zero-order chi connectivity index (χ0) is 16.1. The van der Waals surface area contributed by atoms with Crippen LogP contribution < -0.4 is 5.32 Å². The predicted molar refractivity (Wildman–Crippen MR) is 78.7 cm³/mol. The number of carbonyl (C=O) groups is 2. The summed E-state index contributed by atoms with van der Waals surface area (Å²) >= 11 is 0.962. The van der Waals surface area contributed by atoms with Crippen molar-refractivity contribution in [2.45, 2.75) is 11.3 Å². The molecule has 118 valence electrons. The molecule has 0 fully saturated rings. The van der Waals surface area contributed by atoms with Crippen LogP contribution in [0.1, 0.15) is 0 Å². The molecule has 0 aliphatic carbocycles. The normalized spacial score (nSPS) is 14.7. The highest BCUT2D eigenvalue weighted by molar-refractivity contribution is 7.99. The van der Waals surface area contributed by atoms with Crippen molar-refractivity contribution in [2.75, 3.05) is 24.2 Å². The van der Waals surface area contributed by atoms with Gasteiger partial charge in [-0.05, 0) is 12.1 Å². The van der Waals surface area contributed by atoms with Crippen molar-refractivity contribution >= 4 is 29.3 Å². The fourth-order valence-electron chi connectivity index (χ4n) is 1.90. The third kappa shape index (κ3) is 3.83. The number of halogens is 2. The lowest BCUT2D eigenvalue weighted by Crippen LogP contribution is -2.34. The number of β-amino-alcohol motifs (C(OH)–C–C–N with tert-alkyl or cyclic N) is 1. The summed E-state index contributed by atoms with van der Waals surface area (Å²) in [6.07, 6.45) is -1.31. The highest BCUT2D eigenvalue weighted by atomic mass is 32.2. The first kappa shape index (κ1) is 16.4. The number of carbonyl (C=O) groups excluding carboxylic acids is 2. The van der Waals surface area contributed by atoms with Crippen LogP contribution >= 0.6 is 11.8 Å². The molecule has 1 aliphatic heterocycles. The summed E-state index contributed by atoms with van der Waals surface area (Å²) in [4.78, 5) is 25.1. The van der Waals surface area contributed by atoms with Crippen LogP contribution in [0.2, 0.25) is 0 Å². The Kier molecular flexibility index (Phi) is 5.51. The Morgan fingerprint density at radius 3 is 2.68 bits per heavy atom.